The van der Waals surface area contributed by atoms with Crippen molar-refractivity contribution in [2.24, 2.45) is 0 Å². The van der Waals surface area contributed by atoms with Gasteiger partial charge in [0.05, 0.1) is 12.1 Å². The summed E-state index contributed by atoms with van der Waals surface area (Å²) in [4.78, 5) is 27.3. The molecular formula is C10H11NO3S. The third-order valence-corrected chi connectivity index (χ3v) is 3.59. The largest absolute Gasteiger partial charge is 0.464 e. The lowest BCUT2D eigenvalue weighted by molar-refractivity contribution is 0.0591. The molecular weight excluding hydrogens is 214 g/mol. The molecule has 0 N–H and O–H groups in total. The van der Waals surface area contributed by atoms with E-state index in [0.29, 0.717) is 10.8 Å². The summed E-state index contributed by atoms with van der Waals surface area (Å²) >= 11 is 1.32. The van der Waals surface area contributed by atoms with Gasteiger partial charge in [-0.1, -0.05) is 0 Å². The van der Waals surface area contributed by atoms with E-state index in [1.165, 1.54) is 25.4 Å². The molecule has 1 heterocycles. The van der Waals surface area contributed by atoms with Gasteiger partial charge in [0.1, 0.15) is 4.88 Å². The van der Waals surface area contributed by atoms with E-state index in [2.05, 4.69) is 9.72 Å². The highest BCUT2D eigenvalue weighted by Crippen LogP contribution is 2.42. The fraction of sp³-hybridized carbons (Fsp3) is 0.500. The molecule has 2 rings (SSSR count). The normalized spacial score (nSPS) is 15.1. The summed E-state index contributed by atoms with van der Waals surface area (Å²) in [5, 5.41) is 0.889. The molecule has 1 aromatic rings. The number of carbonyl (C=O) groups is 2. The molecule has 5 heteroatoms. The van der Waals surface area contributed by atoms with Gasteiger partial charge in [-0.2, -0.15) is 0 Å². The minimum Gasteiger partial charge on any atom is -0.464 e. The van der Waals surface area contributed by atoms with Gasteiger partial charge in [0.25, 0.3) is 0 Å². The first-order valence-electron chi connectivity index (χ1n) is 4.73. The topological polar surface area (TPSA) is 56.3 Å². The summed E-state index contributed by atoms with van der Waals surface area (Å²) in [5.41, 5.74) is 0.178. The first kappa shape index (κ1) is 10.3. The van der Waals surface area contributed by atoms with E-state index in [4.69, 9.17) is 0 Å². The number of carbonyl (C=O) groups excluding carboxylic acids is 2. The average Bonchev–Trinajstić information content (AvgIpc) is 2.96. The number of hydrogen-bond donors (Lipinski definition) is 0. The lowest BCUT2D eigenvalue weighted by Gasteiger charge is -1.95. The van der Waals surface area contributed by atoms with E-state index < -0.39 is 5.97 Å². The zero-order chi connectivity index (χ0) is 11.0. The van der Waals surface area contributed by atoms with Crippen LogP contribution in [0, 0.1) is 0 Å². The second kappa shape index (κ2) is 3.73. The molecule has 0 radical (unpaired) electrons. The molecule has 4 nitrogen and oxygen atoms in total. The smallest absolute Gasteiger partial charge is 0.358 e. The SMILES string of the molecule is COC(=O)c1nc(C2CC2)sc1C(C)=O. The number of thiazole rings is 1. The molecule has 15 heavy (non-hydrogen) atoms. The van der Waals surface area contributed by atoms with E-state index in [1.807, 2.05) is 0 Å². The number of rotatable bonds is 3. The highest BCUT2D eigenvalue weighted by molar-refractivity contribution is 7.14. The van der Waals surface area contributed by atoms with E-state index in [9.17, 15) is 9.59 Å². The van der Waals surface area contributed by atoms with Crippen LogP contribution in [0.5, 0.6) is 0 Å². The van der Waals surface area contributed by atoms with Gasteiger partial charge in [0.15, 0.2) is 11.5 Å². The number of hydrogen-bond acceptors (Lipinski definition) is 5. The molecule has 1 saturated carbocycles. The second-order valence-electron chi connectivity index (χ2n) is 3.55. The Kier molecular flexibility index (Phi) is 2.56. The molecule has 0 aliphatic heterocycles. The maximum absolute atomic E-state index is 11.4. The van der Waals surface area contributed by atoms with Crippen molar-refractivity contribution in [2.75, 3.05) is 7.11 Å². The van der Waals surface area contributed by atoms with Crippen LogP contribution < -0.4 is 0 Å². The number of ether oxygens (including phenoxy) is 1. The molecule has 0 bridgehead atoms. The third kappa shape index (κ3) is 1.92. The maximum atomic E-state index is 11.4. The molecule has 0 aromatic carbocycles. The quantitative estimate of drug-likeness (QED) is 0.583. The predicted molar refractivity (Wildman–Crippen MR) is 55.4 cm³/mol. The van der Waals surface area contributed by atoms with E-state index in [1.54, 1.807) is 0 Å². The zero-order valence-electron chi connectivity index (χ0n) is 8.57. The Bertz CT molecular complexity index is 420. The van der Waals surface area contributed by atoms with Crippen molar-refractivity contribution in [2.45, 2.75) is 25.7 Å². The van der Waals surface area contributed by atoms with Crippen molar-refractivity contribution in [1.82, 2.24) is 4.98 Å². The molecule has 0 spiro atoms. The van der Waals surface area contributed by atoms with Crippen molar-refractivity contribution in [3.05, 3.63) is 15.6 Å². The molecule has 80 valence electrons. The Morgan fingerprint density at radius 2 is 2.13 bits per heavy atom. The van der Waals surface area contributed by atoms with Gasteiger partial charge in [-0.3, -0.25) is 4.79 Å². The monoisotopic (exact) mass is 225 g/mol. The Labute approximate surface area is 91.3 Å². The molecule has 1 fully saturated rings. The summed E-state index contributed by atoms with van der Waals surface area (Å²) in [6, 6.07) is 0. The predicted octanol–water partition coefficient (Wildman–Crippen LogP) is 2.01. The standard InChI is InChI=1S/C10H11NO3S/c1-5(12)8-7(10(13)14-2)11-9(15-8)6-3-4-6/h6H,3-4H2,1-2H3. The molecule has 0 amide bonds. The molecule has 1 aromatic heterocycles. The van der Waals surface area contributed by atoms with Gasteiger partial charge in [-0.25, -0.2) is 9.78 Å². The van der Waals surface area contributed by atoms with E-state index in [-0.39, 0.29) is 11.5 Å². The summed E-state index contributed by atoms with van der Waals surface area (Å²) < 4.78 is 4.59. The zero-order valence-corrected chi connectivity index (χ0v) is 9.39. The summed E-state index contributed by atoms with van der Waals surface area (Å²) in [5.74, 6) is -0.199. The van der Waals surface area contributed by atoms with E-state index in [0.717, 1.165) is 17.8 Å². The van der Waals surface area contributed by atoms with Crippen LogP contribution in [0.3, 0.4) is 0 Å². The van der Waals surface area contributed by atoms with Crippen LogP contribution in [0.1, 0.15) is 50.9 Å². The van der Waals surface area contributed by atoms with Crippen molar-refractivity contribution in [3.63, 3.8) is 0 Å². The first-order valence-corrected chi connectivity index (χ1v) is 5.55. The summed E-state index contributed by atoms with van der Waals surface area (Å²) in [6.45, 7) is 1.44. The summed E-state index contributed by atoms with van der Waals surface area (Å²) in [7, 11) is 1.29. The van der Waals surface area contributed by atoms with Crippen LogP contribution in [-0.4, -0.2) is 23.8 Å². The Morgan fingerprint density at radius 3 is 2.60 bits per heavy atom. The minimum absolute atomic E-state index is 0.125. The molecule has 0 unspecified atom stereocenters. The number of ketones is 1. The Morgan fingerprint density at radius 1 is 1.47 bits per heavy atom. The lowest BCUT2D eigenvalue weighted by Crippen LogP contribution is -2.07. The number of nitrogens with zero attached hydrogens (tertiary/aromatic N) is 1. The molecule has 1 aliphatic carbocycles. The lowest BCUT2D eigenvalue weighted by atomic mass is 10.3. The molecule has 0 saturated heterocycles. The van der Waals surface area contributed by atoms with Gasteiger partial charge in [-0.15, -0.1) is 11.3 Å². The number of methoxy groups -OCH3 is 1. The Balaban J connectivity index is 2.40. The van der Waals surface area contributed by atoms with Crippen molar-refractivity contribution >= 4 is 23.1 Å². The van der Waals surface area contributed by atoms with Crippen LogP contribution in [0.25, 0.3) is 0 Å². The van der Waals surface area contributed by atoms with E-state index >= 15 is 0 Å². The summed E-state index contributed by atoms with van der Waals surface area (Å²) in [6.07, 6.45) is 2.21. The fourth-order valence-electron chi connectivity index (χ4n) is 1.32. The van der Waals surface area contributed by atoms with Crippen LogP contribution in [0.4, 0.5) is 0 Å². The van der Waals surface area contributed by atoms with Gasteiger partial charge in [0.2, 0.25) is 0 Å². The third-order valence-electron chi connectivity index (χ3n) is 2.27. The Hall–Kier alpha value is -1.23. The highest BCUT2D eigenvalue weighted by Gasteiger charge is 2.31. The number of Topliss-reactive ketones (excluding diaryl/α,β-unsaturated/α-hetero) is 1. The van der Waals surface area contributed by atoms with Crippen molar-refractivity contribution in [3.8, 4) is 0 Å². The van der Waals surface area contributed by atoms with Gasteiger partial charge in [-0.05, 0) is 12.8 Å². The second-order valence-corrected chi connectivity index (χ2v) is 4.58. The molecule has 1 aliphatic rings. The average molecular weight is 225 g/mol. The van der Waals surface area contributed by atoms with Crippen molar-refractivity contribution < 1.29 is 14.3 Å². The van der Waals surface area contributed by atoms with Crippen LogP contribution in [0.15, 0.2) is 0 Å². The van der Waals surface area contributed by atoms with Gasteiger partial charge in [0, 0.05) is 12.8 Å². The molecule has 0 atom stereocenters. The highest BCUT2D eigenvalue weighted by atomic mass is 32.1. The number of aromatic nitrogens is 1. The first-order chi connectivity index (χ1) is 7.13. The van der Waals surface area contributed by atoms with Gasteiger partial charge >= 0.3 is 5.97 Å². The fourth-order valence-corrected chi connectivity index (χ4v) is 2.43. The maximum Gasteiger partial charge on any atom is 0.358 e. The van der Waals surface area contributed by atoms with Crippen LogP contribution in [-0.2, 0) is 4.74 Å². The minimum atomic E-state index is -0.525. The van der Waals surface area contributed by atoms with Crippen LogP contribution in [0.2, 0.25) is 0 Å². The van der Waals surface area contributed by atoms with Gasteiger partial charge < -0.3 is 4.74 Å². The number of esters is 1. The van der Waals surface area contributed by atoms with Crippen molar-refractivity contribution in [1.29, 1.82) is 0 Å². The van der Waals surface area contributed by atoms with Crippen LogP contribution >= 0.6 is 11.3 Å².